The molecule has 0 amide bonds. The molecule has 1 aromatic carbocycles. The fourth-order valence-corrected chi connectivity index (χ4v) is 2.30. The lowest BCUT2D eigenvalue weighted by atomic mass is 10.0. The normalized spacial score (nSPS) is 10.5. The van der Waals surface area contributed by atoms with Crippen LogP contribution in [-0.4, -0.2) is 25.8 Å². The Bertz CT molecular complexity index is 922. The van der Waals surface area contributed by atoms with Crippen LogP contribution in [0.25, 0.3) is 16.8 Å². The van der Waals surface area contributed by atoms with Gasteiger partial charge in [0.05, 0.1) is 18.1 Å². The summed E-state index contributed by atoms with van der Waals surface area (Å²) in [6, 6.07) is 9.77. The molecule has 0 spiro atoms. The van der Waals surface area contributed by atoms with Gasteiger partial charge in [0.25, 0.3) is 5.56 Å². The molecule has 0 aliphatic rings. The molecule has 6 nitrogen and oxygen atoms in total. The number of carboxylic acids is 1. The SMILES string of the molecule is O=C(O)c1c(-c2ccc(Cl)cc2)cnn(-c2cccnc2)c1=O. The topological polar surface area (TPSA) is 85.1 Å². The van der Waals surface area contributed by atoms with Crippen molar-refractivity contribution in [1.82, 2.24) is 14.8 Å². The van der Waals surface area contributed by atoms with Gasteiger partial charge in [-0.1, -0.05) is 23.7 Å². The van der Waals surface area contributed by atoms with Crippen molar-refractivity contribution in [2.75, 3.05) is 0 Å². The number of carboxylic acid groups (broad SMARTS) is 1. The van der Waals surface area contributed by atoms with E-state index >= 15 is 0 Å². The first-order valence-electron chi connectivity index (χ1n) is 6.60. The molecule has 7 heteroatoms. The molecule has 3 aromatic rings. The van der Waals surface area contributed by atoms with E-state index in [9.17, 15) is 14.7 Å². The summed E-state index contributed by atoms with van der Waals surface area (Å²) in [5.41, 5.74) is 0.0980. The van der Waals surface area contributed by atoms with Crippen LogP contribution in [0.2, 0.25) is 5.02 Å². The van der Waals surface area contributed by atoms with Crippen LogP contribution in [0.3, 0.4) is 0 Å². The van der Waals surface area contributed by atoms with Crippen molar-refractivity contribution in [2.24, 2.45) is 0 Å². The first-order chi connectivity index (χ1) is 11.1. The first-order valence-corrected chi connectivity index (χ1v) is 6.97. The highest BCUT2D eigenvalue weighted by molar-refractivity contribution is 6.30. The summed E-state index contributed by atoms with van der Waals surface area (Å²) in [4.78, 5) is 28.0. The molecular formula is C16H10ClN3O3. The van der Waals surface area contributed by atoms with Gasteiger partial charge in [0, 0.05) is 16.8 Å². The minimum Gasteiger partial charge on any atom is -0.477 e. The van der Waals surface area contributed by atoms with Gasteiger partial charge >= 0.3 is 5.97 Å². The number of hydrogen-bond acceptors (Lipinski definition) is 4. The molecule has 0 unspecified atom stereocenters. The molecule has 1 N–H and O–H groups in total. The fraction of sp³-hybridized carbons (Fsp3) is 0. The summed E-state index contributed by atoms with van der Waals surface area (Å²) in [5, 5.41) is 14.0. The van der Waals surface area contributed by atoms with Crippen LogP contribution in [0.5, 0.6) is 0 Å². The Morgan fingerprint density at radius 3 is 2.48 bits per heavy atom. The molecule has 114 valence electrons. The second kappa shape index (κ2) is 6.02. The van der Waals surface area contributed by atoms with Gasteiger partial charge < -0.3 is 5.11 Å². The maximum Gasteiger partial charge on any atom is 0.342 e. The van der Waals surface area contributed by atoms with E-state index in [-0.39, 0.29) is 11.1 Å². The van der Waals surface area contributed by atoms with E-state index in [0.717, 1.165) is 4.68 Å². The molecule has 0 atom stereocenters. The van der Waals surface area contributed by atoms with Gasteiger partial charge in [-0.05, 0) is 29.8 Å². The van der Waals surface area contributed by atoms with Gasteiger partial charge in [-0.2, -0.15) is 9.78 Å². The van der Waals surface area contributed by atoms with E-state index in [1.165, 1.54) is 12.4 Å². The van der Waals surface area contributed by atoms with Gasteiger partial charge in [0.2, 0.25) is 0 Å². The average Bonchev–Trinajstić information content (AvgIpc) is 2.55. The maximum absolute atomic E-state index is 12.5. The third-order valence-corrected chi connectivity index (χ3v) is 3.49. The summed E-state index contributed by atoms with van der Waals surface area (Å²) < 4.78 is 1.01. The summed E-state index contributed by atoms with van der Waals surface area (Å²) >= 11 is 5.83. The maximum atomic E-state index is 12.5. The Hall–Kier alpha value is -2.99. The van der Waals surface area contributed by atoms with Crippen LogP contribution in [0.15, 0.2) is 59.8 Å². The summed E-state index contributed by atoms with van der Waals surface area (Å²) in [6.07, 6.45) is 4.33. The Balaban J connectivity index is 2.24. The van der Waals surface area contributed by atoms with Gasteiger partial charge in [-0.25, -0.2) is 4.79 Å². The van der Waals surface area contributed by atoms with Crippen molar-refractivity contribution < 1.29 is 9.90 Å². The van der Waals surface area contributed by atoms with Crippen molar-refractivity contribution in [3.8, 4) is 16.8 Å². The highest BCUT2D eigenvalue weighted by Gasteiger charge is 2.20. The molecule has 23 heavy (non-hydrogen) atoms. The van der Waals surface area contributed by atoms with Gasteiger partial charge in [0.15, 0.2) is 0 Å². The van der Waals surface area contributed by atoms with Crippen LogP contribution in [0.4, 0.5) is 0 Å². The zero-order valence-corrected chi connectivity index (χ0v) is 12.4. The lowest BCUT2D eigenvalue weighted by Gasteiger charge is -2.09. The van der Waals surface area contributed by atoms with Crippen LogP contribution < -0.4 is 5.56 Å². The highest BCUT2D eigenvalue weighted by atomic mass is 35.5. The van der Waals surface area contributed by atoms with E-state index in [1.807, 2.05) is 0 Å². The highest BCUT2D eigenvalue weighted by Crippen LogP contribution is 2.23. The molecule has 0 saturated heterocycles. The molecule has 3 rings (SSSR count). The summed E-state index contributed by atoms with van der Waals surface area (Å²) in [7, 11) is 0. The summed E-state index contributed by atoms with van der Waals surface area (Å²) in [5.74, 6) is -1.32. The summed E-state index contributed by atoms with van der Waals surface area (Å²) in [6.45, 7) is 0. The standard InChI is InChI=1S/C16H10ClN3O3/c17-11-5-3-10(4-6-11)13-9-19-20(12-2-1-7-18-8-12)15(21)14(13)16(22)23/h1-9H,(H,22,23). The van der Waals surface area contributed by atoms with Crippen molar-refractivity contribution in [1.29, 1.82) is 0 Å². The van der Waals surface area contributed by atoms with Crippen LogP contribution in [0.1, 0.15) is 10.4 Å². The number of aromatic carboxylic acids is 1. The average molecular weight is 328 g/mol. The van der Waals surface area contributed by atoms with Gasteiger partial charge in [0.1, 0.15) is 5.56 Å². The molecule has 0 aliphatic carbocycles. The monoisotopic (exact) mass is 327 g/mol. The molecular weight excluding hydrogens is 318 g/mol. The van der Waals surface area contributed by atoms with Crippen LogP contribution in [0, 0.1) is 0 Å². The van der Waals surface area contributed by atoms with Gasteiger partial charge in [-0.15, -0.1) is 0 Å². The number of hydrogen-bond donors (Lipinski definition) is 1. The molecule has 2 heterocycles. The number of rotatable bonds is 3. The molecule has 0 saturated carbocycles. The van der Waals surface area contributed by atoms with E-state index in [0.29, 0.717) is 16.3 Å². The second-order valence-electron chi connectivity index (χ2n) is 4.67. The smallest absolute Gasteiger partial charge is 0.342 e. The predicted octanol–water partition coefficient (Wildman–Crippen LogP) is 2.65. The predicted molar refractivity (Wildman–Crippen MR) is 85.0 cm³/mol. The Morgan fingerprint density at radius 1 is 1.13 bits per heavy atom. The lowest BCUT2D eigenvalue weighted by molar-refractivity contribution is 0.0695. The first kappa shape index (κ1) is 14.9. The minimum atomic E-state index is -1.32. The van der Waals surface area contributed by atoms with Crippen molar-refractivity contribution >= 4 is 17.6 Å². The lowest BCUT2D eigenvalue weighted by Crippen LogP contribution is -2.28. The number of nitrogens with zero attached hydrogens (tertiary/aromatic N) is 3. The Morgan fingerprint density at radius 2 is 1.87 bits per heavy atom. The van der Waals surface area contributed by atoms with E-state index in [2.05, 4.69) is 10.1 Å². The van der Waals surface area contributed by atoms with E-state index < -0.39 is 11.5 Å². The van der Waals surface area contributed by atoms with Crippen molar-refractivity contribution in [3.05, 3.63) is 75.9 Å². The molecule has 0 aliphatic heterocycles. The van der Waals surface area contributed by atoms with Crippen LogP contribution in [-0.2, 0) is 0 Å². The molecule has 2 aromatic heterocycles. The minimum absolute atomic E-state index is 0.235. The zero-order valence-electron chi connectivity index (χ0n) is 11.7. The molecule has 0 bridgehead atoms. The third kappa shape index (κ3) is 2.84. The number of pyridine rings is 1. The van der Waals surface area contributed by atoms with Crippen LogP contribution >= 0.6 is 11.6 Å². The third-order valence-electron chi connectivity index (χ3n) is 3.24. The number of benzene rings is 1. The Labute approximate surface area is 135 Å². The number of aromatic nitrogens is 3. The van der Waals surface area contributed by atoms with E-state index in [4.69, 9.17) is 11.6 Å². The largest absolute Gasteiger partial charge is 0.477 e. The number of carbonyl (C=O) groups is 1. The zero-order chi connectivity index (χ0) is 16.4. The number of halogens is 1. The van der Waals surface area contributed by atoms with Crippen molar-refractivity contribution in [3.63, 3.8) is 0 Å². The molecule has 0 fully saturated rings. The Kier molecular flexibility index (Phi) is 3.91. The van der Waals surface area contributed by atoms with Gasteiger partial charge in [-0.3, -0.25) is 9.78 Å². The molecule has 0 radical (unpaired) electrons. The van der Waals surface area contributed by atoms with Crippen molar-refractivity contribution in [2.45, 2.75) is 0 Å². The van der Waals surface area contributed by atoms with E-state index in [1.54, 1.807) is 42.6 Å². The quantitative estimate of drug-likeness (QED) is 0.799. The fourth-order valence-electron chi connectivity index (χ4n) is 2.17. The second-order valence-corrected chi connectivity index (χ2v) is 5.11.